The third-order valence-electron chi connectivity index (χ3n) is 9.14. The van der Waals surface area contributed by atoms with Gasteiger partial charge < -0.3 is 0 Å². The summed E-state index contributed by atoms with van der Waals surface area (Å²) in [5, 5.41) is 0. The van der Waals surface area contributed by atoms with E-state index >= 15 is 0 Å². The molecule has 0 N–H and O–H groups in total. The number of rotatable bonds is 0. The van der Waals surface area contributed by atoms with Gasteiger partial charge in [-0.3, -0.25) is 0 Å². The Morgan fingerprint density at radius 3 is 0.714 bits per heavy atom. The Hall–Kier alpha value is 0.428. The SMILES string of the molecule is CC1C(C)C(C)C(C)C1C.CC1C(C)C(C)C(C)C1C.[CH2-]c1ccccc1.[Sm+3]. The average Bonchev–Trinajstić information content (AvgIpc) is 2.94. The average molecular weight is 522 g/mol. The van der Waals surface area contributed by atoms with Crippen molar-refractivity contribution < 1.29 is 40.4 Å². The van der Waals surface area contributed by atoms with E-state index in [-0.39, 0.29) is 40.4 Å². The molecule has 0 saturated heterocycles. The van der Waals surface area contributed by atoms with Gasteiger partial charge in [-0.25, -0.2) is 0 Å². The monoisotopic (exact) mass is 523 g/mol. The predicted molar refractivity (Wildman–Crippen MR) is 123 cm³/mol. The molecule has 0 atom stereocenters. The molecule has 0 aliphatic heterocycles. The van der Waals surface area contributed by atoms with Crippen molar-refractivity contribution in [1.29, 1.82) is 0 Å². The molecule has 2 fully saturated rings. The number of hydrogen-bond donors (Lipinski definition) is 0. The number of benzene rings is 1. The maximum Gasteiger partial charge on any atom is 3.00 e. The van der Waals surface area contributed by atoms with Crippen LogP contribution in [0.5, 0.6) is 0 Å². The summed E-state index contributed by atoms with van der Waals surface area (Å²) in [6.45, 7) is 27.7. The van der Waals surface area contributed by atoms with E-state index in [1.807, 2.05) is 30.3 Å². The second-order valence-corrected chi connectivity index (χ2v) is 10.1. The van der Waals surface area contributed by atoms with Gasteiger partial charge in [0, 0.05) is 0 Å². The van der Waals surface area contributed by atoms with Crippen LogP contribution in [0.3, 0.4) is 0 Å². The van der Waals surface area contributed by atoms with Crippen LogP contribution in [0.1, 0.15) is 74.8 Å². The zero-order chi connectivity index (χ0) is 20.9. The first-order valence-electron chi connectivity index (χ1n) is 11.4. The fourth-order valence-corrected chi connectivity index (χ4v) is 5.27. The molecule has 0 nitrogen and oxygen atoms in total. The molecule has 1 aromatic carbocycles. The second-order valence-electron chi connectivity index (χ2n) is 10.1. The molecule has 0 unspecified atom stereocenters. The molecule has 0 aromatic heterocycles. The Labute approximate surface area is 210 Å². The van der Waals surface area contributed by atoms with Crippen molar-refractivity contribution in [3.05, 3.63) is 42.8 Å². The van der Waals surface area contributed by atoms with Crippen molar-refractivity contribution in [1.82, 2.24) is 0 Å². The molecular weight excluding hydrogens is 475 g/mol. The summed E-state index contributed by atoms with van der Waals surface area (Å²) in [6, 6.07) is 9.87. The Kier molecular flexibility index (Phi) is 13.2. The summed E-state index contributed by atoms with van der Waals surface area (Å²) in [5.74, 6) is 9.35. The zero-order valence-electron chi connectivity index (χ0n) is 20.3. The van der Waals surface area contributed by atoms with E-state index in [9.17, 15) is 0 Å². The molecule has 2 aliphatic rings. The van der Waals surface area contributed by atoms with Crippen LogP contribution in [-0.2, 0) is 0 Å². The van der Waals surface area contributed by atoms with Gasteiger partial charge in [-0.1, -0.05) is 75.3 Å². The van der Waals surface area contributed by atoms with Crippen molar-refractivity contribution in [3.8, 4) is 0 Å². The first-order valence-corrected chi connectivity index (χ1v) is 11.4. The fourth-order valence-electron chi connectivity index (χ4n) is 5.27. The summed E-state index contributed by atoms with van der Waals surface area (Å²) in [7, 11) is 0. The van der Waals surface area contributed by atoms with Crippen LogP contribution in [0.4, 0.5) is 0 Å². The van der Waals surface area contributed by atoms with E-state index in [4.69, 9.17) is 0 Å². The van der Waals surface area contributed by atoms with Crippen LogP contribution in [0, 0.1) is 106 Å². The van der Waals surface area contributed by atoms with Crippen LogP contribution >= 0.6 is 0 Å². The van der Waals surface area contributed by atoms with E-state index in [2.05, 4.69) is 76.2 Å². The van der Waals surface area contributed by atoms with Gasteiger partial charge in [-0.05, 0) is 59.2 Å². The van der Waals surface area contributed by atoms with Crippen LogP contribution in [0.25, 0.3) is 0 Å². The smallest absolute Gasteiger partial charge is 0.199 e. The normalized spacial score (nSPS) is 41.8. The molecule has 0 spiro atoms. The molecule has 0 heterocycles. The van der Waals surface area contributed by atoms with E-state index in [0.717, 1.165) is 64.7 Å². The molecule has 2 saturated carbocycles. The minimum atomic E-state index is 0. The first kappa shape index (κ1) is 28.4. The van der Waals surface area contributed by atoms with E-state index in [1.54, 1.807) is 0 Å². The summed E-state index contributed by atoms with van der Waals surface area (Å²) >= 11 is 0. The maximum atomic E-state index is 3.72. The van der Waals surface area contributed by atoms with E-state index in [1.165, 1.54) is 0 Å². The molecule has 1 radical (unpaired) electrons. The third kappa shape index (κ3) is 7.29. The standard InChI is InChI=1S/2C10H20.C7H7.Sm/c2*1-6-7(2)9(4)10(5)8(6)3;1-7-5-3-2-4-6-7;/h2*6-10H,1-5H3;2-6H,1H2;/q;;-1;+3. The summed E-state index contributed by atoms with van der Waals surface area (Å²) in [6.07, 6.45) is 0. The Bertz CT molecular complexity index is 405. The summed E-state index contributed by atoms with van der Waals surface area (Å²) in [5.41, 5.74) is 1.07. The molecule has 28 heavy (non-hydrogen) atoms. The maximum absolute atomic E-state index is 3.72. The molecule has 159 valence electrons. The summed E-state index contributed by atoms with van der Waals surface area (Å²) < 4.78 is 0. The Morgan fingerprint density at radius 2 is 0.607 bits per heavy atom. The van der Waals surface area contributed by atoms with Gasteiger partial charge in [-0.15, -0.1) is 12.1 Å². The molecule has 1 aromatic rings. The molecule has 0 amide bonds. The molecular formula is C27H47Sm+2. The van der Waals surface area contributed by atoms with Gasteiger partial charge in [0.2, 0.25) is 0 Å². The molecule has 2 aliphatic carbocycles. The zero-order valence-corrected chi connectivity index (χ0v) is 22.9. The molecule has 0 bridgehead atoms. The minimum Gasteiger partial charge on any atom is -0.199 e. The van der Waals surface area contributed by atoms with Crippen molar-refractivity contribution in [2.75, 3.05) is 0 Å². The predicted octanol–water partition coefficient (Wildman–Crippen LogP) is 8.23. The van der Waals surface area contributed by atoms with E-state index < -0.39 is 0 Å². The van der Waals surface area contributed by atoms with Gasteiger partial charge in [0.25, 0.3) is 0 Å². The van der Waals surface area contributed by atoms with Crippen molar-refractivity contribution in [3.63, 3.8) is 0 Å². The van der Waals surface area contributed by atoms with Gasteiger partial charge in [0.15, 0.2) is 0 Å². The van der Waals surface area contributed by atoms with E-state index in [0.29, 0.717) is 0 Å². The van der Waals surface area contributed by atoms with Gasteiger partial charge in [0.1, 0.15) is 0 Å². The van der Waals surface area contributed by atoms with Crippen molar-refractivity contribution >= 4 is 0 Å². The summed E-state index contributed by atoms with van der Waals surface area (Å²) in [4.78, 5) is 0. The first-order chi connectivity index (χ1) is 12.5. The molecule has 3 rings (SSSR count). The largest absolute Gasteiger partial charge is 3.00 e. The molecule has 1 heteroatoms. The fraction of sp³-hybridized carbons (Fsp3) is 0.741. The van der Waals surface area contributed by atoms with Crippen LogP contribution in [0.2, 0.25) is 0 Å². The number of hydrogen-bond acceptors (Lipinski definition) is 0. The van der Waals surface area contributed by atoms with Gasteiger partial charge in [0.05, 0.1) is 0 Å². The van der Waals surface area contributed by atoms with Crippen molar-refractivity contribution in [2.45, 2.75) is 69.2 Å². The van der Waals surface area contributed by atoms with Crippen LogP contribution in [0.15, 0.2) is 30.3 Å². The minimum absolute atomic E-state index is 0. The second kappa shape index (κ2) is 13.0. The third-order valence-corrected chi connectivity index (χ3v) is 9.14. The quantitative estimate of drug-likeness (QED) is 0.302. The van der Waals surface area contributed by atoms with Gasteiger partial charge >= 0.3 is 40.4 Å². The van der Waals surface area contributed by atoms with Crippen molar-refractivity contribution in [2.24, 2.45) is 59.2 Å². The van der Waals surface area contributed by atoms with Gasteiger partial charge in [-0.2, -0.15) is 24.6 Å². The Morgan fingerprint density at radius 1 is 0.429 bits per heavy atom. The van der Waals surface area contributed by atoms with Crippen LogP contribution in [-0.4, -0.2) is 0 Å². The van der Waals surface area contributed by atoms with Crippen LogP contribution < -0.4 is 0 Å². The topological polar surface area (TPSA) is 0 Å². The Balaban J connectivity index is 0.000000390.